The first-order valence-electron chi connectivity index (χ1n) is 9.00. The van der Waals surface area contributed by atoms with Crippen molar-refractivity contribution in [2.24, 2.45) is 7.05 Å². The molecule has 4 rings (SSSR count). The number of pyridine rings is 1. The highest BCUT2D eigenvalue weighted by Crippen LogP contribution is 2.52. The smallest absolute Gasteiger partial charge is 0.201 e. The molecular weight excluding hydrogens is 316 g/mol. The Morgan fingerprint density at radius 3 is 2.38 bits per heavy atom. The van der Waals surface area contributed by atoms with Crippen molar-refractivity contribution in [3.63, 3.8) is 0 Å². The second-order valence-electron chi connectivity index (χ2n) is 7.88. The van der Waals surface area contributed by atoms with Gasteiger partial charge in [0.05, 0.1) is 17.2 Å². The van der Waals surface area contributed by atoms with Gasteiger partial charge in [0.25, 0.3) is 0 Å². The largest absolute Gasteiger partial charge is 0.212 e. The third-order valence-corrected chi connectivity index (χ3v) is 5.69. The third-order valence-electron chi connectivity index (χ3n) is 5.69. The van der Waals surface area contributed by atoms with E-state index in [2.05, 4.69) is 88.0 Å². The van der Waals surface area contributed by atoms with E-state index in [1.807, 2.05) is 6.07 Å². The Bertz CT molecular complexity index is 1100. The molecular formula is C24H23N2+. The quantitative estimate of drug-likeness (QED) is 0.575. The number of rotatable bonds is 1. The average molecular weight is 339 g/mol. The van der Waals surface area contributed by atoms with Crippen molar-refractivity contribution in [3.8, 4) is 28.5 Å². The van der Waals surface area contributed by atoms with Crippen LogP contribution >= 0.6 is 0 Å². The Kier molecular flexibility index (Phi) is 3.53. The minimum atomic E-state index is -0.142. The van der Waals surface area contributed by atoms with Gasteiger partial charge in [-0.15, -0.1) is 0 Å². The van der Waals surface area contributed by atoms with Crippen LogP contribution < -0.4 is 4.57 Å². The van der Waals surface area contributed by atoms with Crippen molar-refractivity contribution in [1.82, 2.24) is 0 Å². The van der Waals surface area contributed by atoms with Crippen molar-refractivity contribution in [3.05, 3.63) is 76.5 Å². The molecule has 2 heteroatoms. The van der Waals surface area contributed by atoms with E-state index in [-0.39, 0.29) is 5.41 Å². The van der Waals surface area contributed by atoms with Crippen molar-refractivity contribution in [2.75, 3.05) is 0 Å². The summed E-state index contributed by atoms with van der Waals surface area (Å²) < 4.78 is 2.22. The molecule has 0 saturated carbocycles. The van der Waals surface area contributed by atoms with Crippen LogP contribution in [0.15, 0.2) is 48.7 Å². The molecule has 0 fully saturated rings. The van der Waals surface area contributed by atoms with Gasteiger partial charge >= 0.3 is 0 Å². The number of nitrogens with zero attached hydrogens (tertiary/aromatic N) is 2. The predicted octanol–water partition coefficient (Wildman–Crippen LogP) is 4.97. The first kappa shape index (κ1) is 16.5. The molecule has 0 atom stereocenters. The summed E-state index contributed by atoms with van der Waals surface area (Å²) in [4.78, 5) is 0. The highest BCUT2D eigenvalue weighted by Gasteiger charge is 2.39. The van der Waals surface area contributed by atoms with Gasteiger partial charge in [0, 0.05) is 17.0 Å². The summed E-state index contributed by atoms with van der Waals surface area (Å²) in [7, 11) is 2.12. The second-order valence-corrected chi connectivity index (χ2v) is 7.88. The molecule has 0 unspecified atom stereocenters. The summed E-state index contributed by atoms with van der Waals surface area (Å²) in [6.07, 6.45) is 2.18. The van der Waals surface area contributed by atoms with Gasteiger partial charge in [-0.1, -0.05) is 32.0 Å². The summed E-state index contributed by atoms with van der Waals surface area (Å²) in [6.45, 7) is 8.86. The number of hydrogen-bond acceptors (Lipinski definition) is 1. The number of benzene rings is 2. The van der Waals surface area contributed by atoms with Crippen LogP contribution in [0.1, 0.15) is 41.7 Å². The van der Waals surface area contributed by atoms with E-state index in [9.17, 15) is 5.26 Å². The van der Waals surface area contributed by atoms with Crippen LogP contribution in [0.2, 0.25) is 0 Å². The van der Waals surface area contributed by atoms with Gasteiger partial charge in [0.15, 0.2) is 6.20 Å². The minimum Gasteiger partial charge on any atom is -0.201 e. The fourth-order valence-corrected chi connectivity index (χ4v) is 4.42. The molecule has 0 amide bonds. The lowest BCUT2D eigenvalue weighted by molar-refractivity contribution is -0.660. The number of nitriles is 1. The molecule has 1 aliphatic rings. The summed E-state index contributed by atoms with van der Waals surface area (Å²) in [5, 5.41) is 9.34. The maximum absolute atomic E-state index is 9.34. The Balaban J connectivity index is 2.07. The molecule has 0 saturated heterocycles. The SMILES string of the molecule is Cc1ccc(-c2c(C)ccc3c2C(C)(C)c2cc(C#N)ccc2-3)[n+](C)c1. The van der Waals surface area contributed by atoms with E-state index >= 15 is 0 Å². The topological polar surface area (TPSA) is 27.7 Å². The molecule has 2 nitrogen and oxygen atoms in total. The van der Waals surface area contributed by atoms with Crippen molar-refractivity contribution in [2.45, 2.75) is 33.1 Å². The summed E-state index contributed by atoms with van der Waals surface area (Å²) >= 11 is 0. The predicted molar refractivity (Wildman–Crippen MR) is 105 cm³/mol. The van der Waals surface area contributed by atoms with E-state index in [1.165, 1.54) is 44.6 Å². The average Bonchev–Trinajstić information content (AvgIpc) is 2.83. The fraction of sp³-hybridized carbons (Fsp3) is 0.250. The van der Waals surface area contributed by atoms with E-state index in [4.69, 9.17) is 0 Å². The van der Waals surface area contributed by atoms with Gasteiger partial charge in [0.1, 0.15) is 7.05 Å². The lowest BCUT2D eigenvalue weighted by atomic mass is 9.78. The molecule has 0 N–H and O–H groups in total. The monoisotopic (exact) mass is 339 g/mol. The van der Waals surface area contributed by atoms with Crippen molar-refractivity contribution >= 4 is 0 Å². The first-order valence-corrected chi connectivity index (χ1v) is 9.00. The minimum absolute atomic E-state index is 0.142. The first-order chi connectivity index (χ1) is 12.3. The van der Waals surface area contributed by atoms with Crippen LogP contribution in [0.4, 0.5) is 0 Å². The van der Waals surface area contributed by atoms with Crippen LogP contribution in [-0.2, 0) is 12.5 Å². The normalized spacial score (nSPS) is 13.8. The van der Waals surface area contributed by atoms with Crippen LogP contribution in [0.5, 0.6) is 0 Å². The highest BCUT2D eigenvalue weighted by molar-refractivity contribution is 5.88. The van der Waals surface area contributed by atoms with Gasteiger partial charge in [-0.3, -0.25) is 0 Å². The van der Waals surface area contributed by atoms with Crippen LogP contribution in [0.3, 0.4) is 0 Å². The molecule has 0 spiro atoms. The molecule has 0 aliphatic heterocycles. The Morgan fingerprint density at radius 1 is 0.962 bits per heavy atom. The summed E-state index contributed by atoms with van der Waals surface area (Å²) in [5.74, 6) is 0. The van der Waals surface area contributed by atoms with Gasteiger partial charge < -0.3 is 0 Å². The molecule has 1 heterocycles. The van der Waals surface area contributed by atoms with Crippen LogP contribution in [0.25, 0.3) is 22.4 Å². The number of aromatic nitrogens is 1. The Labute approximate surface area is 155 Å². The fourth-order valence-electron chi connectivity index (χ4n) is 4.42. The van der Waals surface area contributed by atoms with Crippen molar-refractivity contribution in [1.29, 1.82) is 5.26 Å². The van der Waals surface area contributed by atoms with E-state index in [1.54, 1.807) is 0 Å². The molecule has 1 aliphatic carbocycles. The molecule has 128 valence electrons. The lowest BCUT2D eigenvalue weighted by Gasteiger charge is -2.24. The lowest BCUT2D eigenvalue weighted by Crippen LogP contribution is -2.32. The van der Waals surface area contributed by atoms with Crippen molar-refractivity contribution < 1.29 is 4.57 Å². The van der Waals surface area contributed by atoms with Gasteiger partial charge in [-0.25, -0.2) is 4.57 Å². The number of hydrogen-bond donors (Lipinski definition) is 0. The van der Waals surface area contributed by atoms with Gasteiger partial charge in [-0.05, 0) is 59.9 Å². The maximum atomic E-state index is 9.34. The maximum Gasteiger partial charge on any atom is 0.212 e. The molecule has 2 aromatic carbocycles. The second kappa shape index (κ2) is 5.54. The van der Waals surface area contributed by atoms with Crippen LogP contribution in [-0.4, -0.2) is 0 Å². The van der Waals surface area contributed by atoms with Gasteiger partial charge in [0.2, 0.25) is 5.69 Å². The number of aryl methyl sites for hydroxylation is 3. The molecule has 3 aromatic rings. The van der Waals surface area contributed by atoms with E-state index in [0.29, 0.717) is 0 Å². The molecule has 26 heavy (non-hydrogen) atoms. The molecule has 0 radical (unpaired) electrons. The molecule has 1 aromatic heterocycles. The summed E-state index contributed by atoms with van der Waals surface area (Å²) in [5.41, 5.74) is 10.8. The standard InChI is InChI=1S/C24H23N2/c1-15-6-11-21(26(5)14-15)22-16(2)7-9-19-18-10-8-17(13-25)12-20(18)24(3,4)23(19)22/h6-12,14H,1-5H3/q+1. The molecule has 0 bridgehead atoms. The van der Waals surface area contributed by atoms with Crippen LogP contribution in [0, 0.1) is 25.2 Å². The zero-order chi connectivity index (χ0) is 18.6. The number of fused-ring (bicyclic) bond motifs is 3. The zero-order valence-electron chi connectivity index (χ0n) is 16.0. The van der Waals surface area contributed by atoms with E-state index in [0.717, 1.165) is 5.56 Å². The highest BCUT2D eigenvalue weighted by atomic mass is 14.9. The Morgan fingerprint density at radius 2 is 1.69 bits per heavy atom. The third kappa shape index (κ3) is 2.21. The van der Waals surface area contributed by atoms with Gasteiger partial charge in [-0.2, -0.15) is 5.26 Å². The summed E-state index contributed by atoms with van der Waals surface area (Å²) in [6, 6.07) is 17.2. The Hall–Kier alpha value is -2.92. The zero-order valence-corrected chi connectivity index (χ0v) is 16.0. The van der Waals surface area contributed by atoms with E-state index < -0.39 is 0 Å².